The summed E-state index contributed by atoms with van der Waals surface area (Å²) in [5.74, 6) is -0.338. The van der Waals surface area contributed by atoms with Gasteiger partial charge in [-0.15, -0.1) is 0 Å². The number of nitrogens with one attached hydrogen (secondary N) is 1. The molecule has 1 aromatic rings. The molecule has 5 nitrogen and oxygen atoms in total. The van der Waals surface area contributed by atoms with Crippen molar-refractivity contribution in [3.63, 3.8) is 0 Å². The van der Waals surface area contributed by atoms with Crippen LogP contribution in [0.25, 0.3) is 5.88 Å². The first-order valence-electron chi connectivity index (χ1n) is 4.36. The van der Waals surface area contributed by atoms with E-state index in [1.54, 1.807) is 26.2 Å². The monoisotopic (exact) mass is 207 g/mol. The van der Waals surface area contributed by atoms with Gasteiger partial charge in [-0.25, -0.2) is 0 Å². The van der Waals surface area contributed by atoms with E-state index in [-0.39, 0.29) is 11.8 Å². The molecule has 0 aliphatic carbocycles. The molecule has 1 rings (SSSR count). The molecule has 1 heterocycles. The van der Waals surface area contributed by atoms with Crippen molar-refractivity contribution in [2.45, 2.75) is 0 Å². The number of rotatable bonds is 2. The fourth-order valence-electron chi connectivity index (χ4n) is 1.16. The van der Waals surface area contributed by atoms with Crippen LogP contribution in [0.3, 0.4) is 0 Å². The molecule has 5 heteroatoms. The number of amides is 1. The Labute approximate surface area is 87.4 Å². The van der Waals surface area contributed by atoms with Crippen molar-refractivity contribution in [1.29, 1.82) is 0 Å². The number of nitrogens with zero attached hydrogens (tertiary/aromatic N) is 2. The van der Waals surface area contributed by atoms with E-state index >= 15 is 0 Å². The third kappa shape index (κ3) is 2.25. The molecule has 0 aliphatic rings. The Morgan fingerprint density at radius 3 is 2.80 bits per heavy atom. The second-order valence-electron chi connectivity index (χ2n) is 2.86. The second kappa shape index (κ2) is 4.45. The van der Waals surface area contributed by atoms with E-state index in [1.807, 2.05) is 0 Å². The molecule has 0 aromatic carbocycles. The Hall–Kier alpha value is -2.04. The lowest BCUT2D eigenvalue weighted by Gasteiger charge is -2.06. The van der Waals surface area contributed by atoms with Gasteiger partial charge < -0.3 is 10.4 Å². The Morgan fingerprint density at radius 1 is 1.67 bits per heavy atom. The fraction of sp³-hybridized carbons (Fsp3) is 0.200. The SMILES string of the molecule is C=C(O)n1ccc(C(=O)NC)cc1=NC. The van der Waals surface area contributed by atoms with Gasteiger partial charge in [0.05, 0.1) is 0 Å². The Balaban J connectivity index is 3.32. The highest BCUT2D eigenvalue weighted by molar-refractivity contribution is 5.93. The van der Waals surface area contributed by atoms with Crippen LogP contribution < -0.4 is 10.8 Å². The van der Waals surface area contributed by atoms with Gasteiger partial charge >= 0.3 is 0 Å². The van der Waals surface area contributed by atoms with E-state index in [4.69, 9.17) is 0 Å². The summed E-state index contributed by atoms with van der Waals surface area (Å²) in [5.41, 5.74) is 0.944. The smallest absolute Gasteiger partial charge is 0.251 e. The van der Waals surface area contributed by atoms with Crippen LogP contribution in [0, 0.1) is 0 Å². The van der Waals surface area contributed by atoms with Gasteiger partial charge in [-0.3, -0.25) is 14.4 Å². The number of pyridine rings is 1. The minimum atomic E-state index is -0.199. The summed E-state index contributed by atoms with van der Waals surface area (Å²) in [4.78, 5) is 15.2. The predicted molar refractivity (Wildman–Crippen MR) is 57.3 cm³/mol. The van der Waals surface area contributed by atoms with Crippen molar-refractivity contribution in [3.05, 3.63) is 36.0 Å². The number of hydrogen-bond acceptors (Lipinski definition) is 3. The molecule has 2 N–H and O–H groups in total. The molecule has 0 unspecified atom stereocenters. The van der Waals surface area contributed by atoms with Gasteiger partial charge in [-0.1, -0.05) is 0 Å². The molecule has 80 valence electrons. The van der Waals surface area contributed by atoms with Gasteiger partial charge in [0.1, 0.15) is 5.49 Å². The molecule has 0 atom stereocenters. The molecule has 1 aromatic heterocycles. The van der Waals surface area contributed by atoms with E-state index in [9.17, 15) is 9.90 Å². The van der Waals surface area contributed by atoms with Crippen molar-refractivity contribution in [1.82, 2.24) is 9.88 Å². The Kier molecular flexibility index (Phi) is 3.28. The number of aromatic nitrogens is 1. The maximum Gasteiger partial charge on any atom is 0.251 e. The molecule has 0 aliphatic heterocycles. The maximum absolute atomic E-state index is 11.3. The minimum absolute atomic E-state index is 0.140. The Morgan fingerprint density at radius 2 is 2.33 bits per heavy atom. The summed E-state index contributed by atoms with van der Waals surface area (Å²) in [6.07, 6.45) is 1.54. The largest absolute Gasteiger partial charge is 0.495 e. The van der Waals surface area contributed by atoms with Crippen LogP contribution in [-0.4, -0.2) is 29.7 Å². The van der Waals surface area contributed by atoms with Crippen molar-refractivity contribution >= 4 is 11.8 Å². The zero-order chi connectivity index (χ0) is 11.4. The first-order chi connectivity index (χ1) is 7.10. The zero-order valence-electron chi connectivity index (χ0n) is 8.69. The molecule has 0 fully saturated rings. The second-order valence-corrected chi connectivity index (χ2v) is 2.86. The lowest BCUT2D eigenvalue weighted by molar-refractivity contribution is 0.0962. The molecule has 0 radical (unpaired) electrons. The quantitative estimate of drug-likeness (QED) is 0.688. The lowest BCUT2D eigenvalue weighted by Crippen LogP contribution is -2.24. The van der Waals surface area contributed by atoms with Gasteiger partial charge in [0, 0.05) is 25.9 Å². The van der Waals surface area contributed by atoms with E-state index in [1.165, 1.54) is 10.8 Å². The van der Waals surface area contributed by atoms with Crippen LogP contribution in [0.15, 0.2) is 29.9 Å². The average Bonchev–Trinajstić information content (AvgIpc) is 2.26. The van der Waals surface area contributed by atoms with Crippen LogP contribution in [0.2, 0.25) is 0 Å². The zero-order valence-corrected chi connectivity index (χ0v) is 8.69. The molecule has 1 amide bonds. The van der Waals surface area contributed by atoms with Gasteiger partial charge in [-0.2, -0.15) is 0 Å². The average molecular weight is 207 g/mol. The molecule has 0 spiro atoms. The van der Waals surface area contributed by atoms with Crippen molar-refractivity contribution in [3.8, 4) is 0 Å². The topological polar surface area (TPSA) is 66.6 Å². The number of aliphatic hydroxyl groups is 1. The molecule has 0 bridgehead atoms. The lowest BCUT2D eigenvalue weighted by atomic mass is 10.2. The molecule has 0 saturated carbocycles. The predicted octanol–water partition coefficient (Wildman–Crippen LogP) is 0.364. The summed E-state index contributed by atoms with van der Waals surface area (Å²) in [5, 5.41) is 11.7. The highest BCUT2D eigenvalue weighted by Crippen LogP contribution is 1.97. The third-order valence-electron chi connectivity index (χ3n) is 1.93. The number of hydrogen-bond donors (Lipinski definition) is 2. The first-order valence-corrected chi connectivity index (χ1v) is 4.36. The Bertz CT molecular complexity index is 460. The maximum atomic E-state index is 11.3. The summed E-state index contributed by atoms with van der Waals surface area (Å²) in [7, 11) is 3.12. The van der Waals surface area contributed by atoms with Crippen LogP contribution in [0.5, 0.6) is 0 Å². The summed E-state index contributed by atoms with van der Waals surface area (Å²) in [6.45, 7) is 3.39. The standard InChI is InChI=1S/C10H13N3O2/c1-7(14)13-5-4-8(10(15)12-3)6-9(13)11-2/h4-6,14H,1H2,2-3H3,(H,12,15). The fourth-order valence-corrected chi connectivity index (χ4v) is 1.16. The summed E-state index contributed by atoms with van der Waals surface area (Å²) in [6, 6.07) is 3.15. The van der Waals surface area contributed by atoms with E-state index < -0.39 is 0 Å². The molecule has 15 heavy (non-hydrogen) atoms. The number of carbonyl (C=O) groups excluding carboxylic acids is 1. The molecular weight excluding hydrogens is 194 g/mol. The van der Waals surface area contributed by atoms with E-state index in [0.717, 1.165) is 0 Å². The number of carbonyl (C=O) groups is 1. The first kappa shape index (κ1) is 11.0. The highest BCUT2D eigenvalue weighted by Gasteiger charge is 2.04. The van der Waals surface area contributed by atoms with Gasteiger partial charge in [-0.05, 0) is 18.7 Å². The molecule has 0 saturated heterocycles. The highest BCUT2D eigenvalue weighted by atomic mass is 16.3. The van der Waals surface area contributed by atoms with Crippen molar-refractivity contribution in [2.75, 3.05) is 14.1 Å². The minimum Gasteiger partial charge on any atom is -0.495 e. The van der Waals surface area contributed by atoms with Crippen LogP contribution in [0.4, 0.5) is 0 Å². The van der Waals surface area contributed by atoms with Gasteiger partial charge in [0.2, 0.25) is 0 Å². The van der Waals surface area contributed by atoms with Gasteiger partial charge in [0.15, 0.2) is 5.88 Å². The normalized spacial score (nSPS) is 11.2. The molecular formula is C10H13N3O2. The van der Waals surface area contributed by atoms with Crippen LogP contribution in [-0.2, 0) is 0 Å². The van der Waals surface area contributed by atoms with Crippen molar-refractivity contribution in [2.24, 2.45) is 4.99 Å². The third-order valence-corrected chi connectivity index (χ3v) is 1.93. The van der Waals surface area contributed by atoms with Crippen LogP contribution >= 0.6 is 0 Å². The van der Waals surface area contributed by atoms with E-state index in [2.05, 4.69) is 16.9 Å². The number of aliphatic hydroxyl groups excluding tert-OH is 1. The van der Waals surface area contributed by atoms with Crippen molar-refractivity contribution < 1.29 is 9.90 Å². The van der Waals surface area contributed by atoms with Gasteiger partial charge in [0.25, 0.3) is 5.91 Å². The summed E-state index contributed by atoms with van der Waals surface area (Å²) < 4.78 is 1.38. The summed E-state index contributed by atoms with van der Waals surface area (Å²) >= 11 is 0. The van der Waals surface area contributed by atoms with E-state index in [0.29, 0.717) is 11.1 Å². The van der Waals surface area contributed by atoms with Crippen LogP contribution in [0.1, 0.15) is 10.4 Å².